The zero-order valence-corrected chi connectivity index (χ0v) is 7.92. The molecule has 3 N–H and O–H groups in total. The summed E-state index contributed by atoms with van der Waals surface area (Å²) in [6.45, 7) is 0. The van der Waals surface area contributed by atoms with Crippen LogP contribution < -0.4 is 5.73 Å². The molecule has 0 unspecified atom stereocenters. The Balaban J connectivity index is 2.23. The van der Waals surface area contributed by atoms with E-state index < -0.39 is 5.91 Å². The van der Waals surface area contributed by atoms with Crippen LogP contribution in [0.5, 0.6) is 0 Å². The van der Waals surface area contributed by atoms with Gasteiger partial charge in [0, 0.05) is 0 Å². The van der Waals surface area contributed by atoms with Crippen LogP contribution in [0.25, 0.3) is 5.57 Å². The van der Waals surface area contributed by atoms with Crippen molar-refractivity contribution in [3.8, 4) is 0 Å². The van der Waals surface area contributed by atoms with E-state index in [4.69, 9.17) is 5.73 Å². The summed E-state index contributed by atoms with van der Waals surface area (Å²) in [7, 11) is 0. The number of rotatable bonds is 2. The summed E-state index contributed by atoms with van der Waals surface area (Å²) < 4.78 is 0. The summed E-state index contributed by atoms with van der Waals surface area (Å²) in [5.41, 5.74) is 6.71. The molecule has 0 fully saturated rings. The van der Waals surface area contributed by atoms with Gasteiger partial charge in [0.2, 0.25) is 0 Å². The molecular weight excluding hydrogens is 178 g/mol. The second-order valence-electron chi connectivity index (χ2n) is 3.48. The highest BCUT2D eigenvalue weighted by Gasteiger charge is 2.11. The van der Waals surface area contributed by atoms with Crippen LogP contribution in [-0.4, -0.2) is 15.9 Å². The summed E-state index contributed by atoms with van der Waals surface area (Å²) in [4.78, 5) is 17.9. The number of aromatic nitrogens is 2. The van der Waals surface area contributed by atoms with Gasteiger partial charge in [-0.2, -0.15) is 0 Å². The number of carbonyl (C=O) groups is 1. The number of allylic oxidation sites excluding steroid dienone is 2. The Morgan fingerprint density at radius 2 is 2.36 bits per heavy atom. The number of primary amides is 1. The van der Waals surface area contributed by atoms with Gasteiger partial charge in [-0.15, -0.1) is 0 Å². The van der Waals surface area contributed by atoms with E-state index in [0.29, 0.717) is 5.69 Å². The summed E-state index contributed by atoms with van der Waals surface area (Å²) in [5, 5.41) is 0. The normalized spacial score (nSPS) is 16.4. The van der Waals surface area contributed by atoms with Crippen molar-refractivity contribution in [3.05, 3.63) is 23.8 Å². The van der Waals surface area contributed by atoms with Gasteiger partial charge >= 0.3 is 0 Å². The van der Waals surface area contributed by atoms with E-state index in [2.05, 4.69) is 16.0 Å². The largest absolute Gasteiger partial charge is 0.364 e. The fraction of sp³-hybridized carbons (Fsp3) is 0.400. The third-order valence-electron chi connectivity index (χ3n) is 2.44. The van der Waals surface area contributed by atoms with Gasteiger partial charge in [-0.25, -0.2) is 4.98 Å². The molecule has 74 valence electrons. The van der Waals surface area contributed by atoms with Crippen LogP contribution in [0.15, 0.2) is 12.3 Å². The van der Waals surface area contributed by atoms with Crippen molar-refractivity contribution in [2.75, 3.05) is 0 Å². The molecule has 0 bridgehead atoms. The Hall–Kier alpha value is -1.58. The maximum absolute atomic E-state index is 10.8. The van der Waals surface area contributed by atoms with E-state index in [-0.39, 0.29) is 0 Å². The predicted molar refractivity (Wildman–Crippen MR) is 53.6 cm³/mol. The molecule has 1 aliphatic carbocycles. The van der Waals surface area contributed by atoms with Crippen molar-refractivity contribution in [3.63, 3.8) is 0 Å². The number of amides is 1. The van der Waals surface area contributed by atoms with Crippen molar-refractivity contribution in [2.45, 2.75) is 25.7 Å². The predicted octanol–water partition coefficient (Wildman–Crippen LogP) is 1.47. The molecule has 0 aliphatic heterocycles. The number of H-pyrrole nitrogens is 1. The van der Waals surface area contributed by atoms with E-state index in [1.165, 1.54) is 24.6 Å². The Labute approximate surface area is 82.2 Å². The van der Waals surface area contributed by atoms with Gasteiger partial charge in [-0.05, 0) is 31.3 Å². The van der Waals surface area contributed by atoms with E-state index in [9.17, 15) is 4.79 Å². The zero-order valence-electron chi connectivity index (χ0n) is 7.92. The molecule has 4 heteroatoms. The van der Waals surface area contributed by atoms with Gasteiger partial charge in [-0.1, -0.05) is 6.08 Å². The lowest BCUT2D eigenvalue weighted by molar-refractivity contribution is 0.0996. The molecule has 1 aromatic rings. The monoisotopic (exact) mass is 191 g/mol. The van der Waals surface area contributed by atoms with E-state index in [1.54, 1.807) is 0 Å². The van der Waals surface area contributed by atoms with Crippen LogP contribution in [-0.2, 0) is 0 Å². The summed E-state index contributed by atoms with van der Waals surface area (Å²) >= 11 is 0. The Morgan fingerprint density at radius 1 is 1.50 bits per heavy atom. The fourth-order valence-corrected chi connectivity index (χ4v) is 1.66. The lowest BCUT2D eigenvalue weighted by Crippen LogP contribution is -2.11. The topological polar surface area (TPSA) is 71.8 Å². The lowest BCUT2D eigenvalue weighted by Gasteiger charge is -2.09. The highest BCUT2D eigenvalue weighted by molar-refractivity contribution is 5.91. The van der Waals surface area contributed by atoms with Gasteiger partial charge in [0.1, 0.15) is 11.5 Å². The van der Waals surface area contributed by atoms with Crippen LogP contribution in [0, 0.1) is 0 Å². The first kappa shape index (κ1) is 8.99. The van der Waals surface area contributed by atoms with Crippen LogP contribution in [0.1, 0.15) is 42.0 Å². The molecule has 1 aromatic heterocycles. The van der Waals surface area contributed by atoms with Gasteiger partial charge in [0.15, 0.2) is 0 Å². The molecule has 4 nitrogen and oxygen atoms in total. The molecule has 1 aliphatic rings. The number of carbonyl (C=O) groups excluding carboxylic acids is 1. The summed E-state index contributed by atoms with van der Waals surface area (Å²) in [6, 6.07) is 0. The molecule has 14 heavy (non-hydrogen) atoms. The SMILES string of the molecule is NC(=O)c1cnc(C2=CCCCC2)[nH]1. The lowest BCUT2D eigenvalue weighted by atomic mass is 9.99. The number of hydrogen-bond donors (Lipinski definition) is 2. The third-order valence-corrected chi connectivity index (χ3v) is 2.44. The molecule has 0 radical (unpaired) electrons. The van der Waals surface area contributed by atoms with Crippen molar-refractivity contribution in [1.82, 2.24) is 9.97 Å². The van der Waals surface area contributed by atoms with Crippen molar-refractivity contribution in [1.29, 1.82) is 0 Å². The van der Waals surface area contributed by atoms with Crippen LogP contribution in [0.4, 0.5) is 0 Å². The molecular formula is C10H13N3O. The van der Waals surface area contributed by atoms with Crippen molar-refractivity contribution < 1.29 is 4.79 Å². The molecule has 0 atom stereocenters. The van der Waals surface area contributed by atoms with Crippen LogP contribution in [0.2, 0.25) is 0 Å². The quantitative estimate of drug-likeness (QED) is 0.742. The summed E-state index contributed by atoms with van der Waals surface area (Å²) in [6.07, 6.45) is 8.24. The molecule has 2 rings (SSSR count). The minimum absolute atomic E-state index is 0.381. The molecule has 0 saturated carbocycles. The molecule has 0 saturated heterocycles. The maximum Gasteiger partial charge on any atom is 0.266 e. The van der Waals surface area contributed by atoms with Crippen LogP contribution in [0.3, 0.4) is 0 Å². The van der Waals surface area contributed by atoms with Gasteiger partial charge in [0.05, 0.1) is 6.20 Å². The number of nitrogens with zero attached hydrogens (tertiary/aromatic N) is 1. The van der Waals surface area contributed by atoms with Crippen LogP contribution >= 0.6 is 0 Å². The van der Waals surface area contributed by atoms with E-state index in [0.717, 1.165) is 18.7 Å². The smallest absolute Gasteiger partial charge is 0.266 e. The molecule has 1 heterocycles. The second kappa shape index (κ2) is 3.65. The van der Waals surface area contributed by atoms with Gasteiger partial charge in [0.25, 0.3) is 5.91 Å². The Bertz CT molecular complexity index is 378. The molecule has 0 aromatic carbocycles. The Kier molecular flexibility index (Phi) is 2.35. The second-order valence-corrected chi connectivity index (χ2v) is 3.48. The van der Waals surface area contributed by atoms with Crippen molar-refractivity contribution >= 4 is 11.5 Å². The van der Waals surface area contributed by atoms with Gasteiger partial charge in [-0.3, -0.25) is 4.79 Å². The average Bonchev–Trinajstić information content (AvgIpc) is 2.68. The first-order chi connectivity index (χ1) is 6.77. The highest BCUT2D eigenvalue weighted by Crippen LogP contribution is 2.24. The summed E-state index contributed by atoms with van der Waals surface area (Å²) in [5.74, 6) is 0.332. The van der Waals surface area contributed by atoms with Crippen molar-refractivity contribution in [2.24, 2.45) is 5.73 Å². The number of aromatic amines is 1. The van der Waals surface area contributed by atoms with E-state index >= 15 is 0 Å². The number of imidazole rings is 1. The highest BCUT2D eigenvalue weighted by atomic mass is 16.1. The molecule has 0 spiro atoms. The first-order valence-electron chi connectivity index (χ1n) is 4.81. The third kappa shape index (κ3) is 1.69. The Morgan fingerprint density at radius 3 is 2.93 bits per heavy atom. The number of nitrogens with one attached hydrogen (secondary N) is 1. The number of nitrogens with two attached hydrogens (primary N) is 1. The van der Waals surface area contributed by atoms with Gasteiger partial charge < -0.3 is 10.7 Å². The molecule has 1 amide bonds. The zero-order chi connectivity index (χ0) is 9.97. The van der Waals surface area contributed by atoms with E-state index in [1.807, 2.05) is 0 Å². The number of hydrogen-bond acceptors (Lipinski definition) is 2. The minimum atomic E-state index is -0.458. The minimum Gasteiger partial charge on any atom is -0.364 e. The average molecular weight is 191 g/mol. The fourth-order valence-electron chi connectivity index (χ4n) is 1.66. The maximum atomic E-state index is 10.8. The standard InChI is InChI=1S/C10H13N3O/c11-9(14)8-6-12-10(13-8)7-4-2-1-3-5-7/h4,6H,1-3,5H2,(H2,11,14)(H,12,13). The first-order valence-corrected chi connectivity index (χ1v) is 4.81.